The minimum absolute atomic E-state index is 0.0389. The molecular weight excluding hydrogens is 439 g/mol. The van der Waals surface area contributed by atoms with Crippen molar-refractivity contribution in [3.05, 3.63) is 92.3 Å². The minimum Gasteiger partial charge on any atom is -0.497 e. The lowest BCUT2D eigenvalue weighted by Crippen LogP contribution is -2.35. The second-order valence-corrected chi connectivity index (χ2v) is 7.70. The van der Waals surface area contributed by atoms with Crippen molar-refractivity contribution in [3.8, 4) is 5.75 Å². The Morgan fingerprint density at radius 3 is 2.52 bits per heavy atom. The van der Waals surface area contributed by atoms with Crippen molar-refractivity contribution >= 4 is 34.8 Å². The third-order valence-corrected chi connectivity index (χ3v) is 5.75. The average Bonchev–Trinajstić information content (AvgIpc) is 3.26. The number of methoxy groups -OCH3 is 1. The Balaban J connectivity index is 1.67. The summed E-state index contributed by atoms with van der Waals surface area (Å²) < 4.78 is 6.21. The van der Waals surface area contributed by atoms with Crippen LogP contribution in [0, 0.1) is 0 Å². The van der Waals surface area contributed by atoms with E-state index in [4.69, 9.17) is 27.9 Å². The number of ether oxygens (including phenoxy) is 1. The lowest BCUT2D eigenvalue weighted by molar-refractivity contribution is -0.133. The summed E-state index contributed by atoms with van der Waals surface area (Å²) >= 11 is 11.7. The van der Waals surface area contributed by atoms with E-state index >= 15 is 0 Å². The smallest absolute Gasteiger partial charge is 0.287 e. The van der Waals surface area contributed by atoms with E-state index in [-0.39, 0.29) is 28.5 Å². The number of amides is 1. The van der Waals surface area contributed by atoms with Crippen LogP contribution in [0.5, 0.6) is 5.75 Å². The van der Waals surface area contributed by atoms with E-state index in [0.29, 0.717) is 6.42 Å². The SMILES string of the molecule is COc1ccc([C@@H]2CC(c3ccccc3)=NN2C(=O)Cn2ncc(Cl)c(Cl)c2=O)cc1. The summed E-state index contributed by atoms with van der Waals surface area (Å²) in [6, 6.07) is 16.8. The van der Waals surface area contributed by atoms with E-state index < -0.39 is 5.56 Å². The molecule has 0 unspecified atom stereocenters. The highest BCUT2D eigenvalue weighted by Gasteiger charge is 2.33. The number of aromatic nitrogens is 2. The first-order valence-electron chi connectivity index (χ1n) is 9.48. The maximum absolute atomic E-state index is 13.2. The molecule has 9 heteroatoms. The first kappa shape index (κ1) is 21.1. The third kappa shape index (κ3) is 4.33. The van der Waals surface area contributed by atoms with Crippen molar-refractivity contribution in [2.24, 2.45) is 5.10 Å². The van der Waals surface area contributed by atoms with Crippen LogP contribution >= 0.6 is 23.2 Å². The molecule has 0 saturated heterocycles. The zero-order valence-electron chi connectivity index (χ0n) is 16.5. The van der Waals surface area contributed by atoms with Crippen LogP contribution in [0.25, 0.3) is 0 Å². The van der Waals surface area contributed by atoms with Crippen LogP contribution in [0.15, 0.2) is 70.7 Å². The van der Waals surface area contributed by atoms with Gasteiger partial charge in [0.05, 0.1) is 30.1 Å². The van der Waals surface area contributed by atoms with Gasteiger partial charge in [-0.3, -0.25) is 9.59 Å². The molecule has 7 nitrogen and oxygen atoms in total. The predicted octanol–water partition coefficient (Wildman–Crippen LogP) is 3.94. The van der Waals surface area contributed by atoms with Crippen LogP contribution in [-0.4, -0.2) is 33.5 Å². The molecule has 0 radical (unpaired) electrons. The zero-order valence-corrected chi connectivity index (χ0v) is 18.0. The number of carbonyl (C=O) groups is 1. The molecule has 1 aromatic heterocycles. The van der Waals surface area contributed by atoms with E-state index in [9.17, 15) is 9.59 Å². The highest BCUT2D eigenvalue weighted by atomic mass is 35.5. The van der Waals surface area contributed by atoms with Gasteiger partial charge in [-0.1, -0.05) is 65.7 Å². The number of nitrogens with zero attached hydrogens (tertiary/aromatic N) is 4. The van der Waals surface area contributed by atoms with Gasteiger partial charge in [-0.25, -0.2) is 9.69 Å². The van der Waals surface area contributed by atoms with Gasteiger partial charge in [-0.2, -0.15) is 10.2 Å². The van der Waals surface area contributed by atoms with Gasteiger partial charge in [0.25, 0.3) is 11.5 Å². The summed E-state index contributed by atoms with van der Waals surface area (Å²) in [5, 5.41) is 9.78. The van der Waals surface area contributed by atoms with Crippen molar-refractivity contribution in [2.75, 3.05) is 7.11 Å². The molecule has 1 aliphatic rings. The molecule has 158 valence electrons. The summed E-state index contributed by atoms with van der Waals surface area (Å²) in [6.07, 6.45) is 1.77. The van der Waals surface area contributed by atoms with Gasteiger partial charge in [-0.15, -0.1) is 0 Å². The summed E-state index contributed by atoms with van der Waals surface area (Å²) in [4.78, 5) is 25.5. The monoisotopic (exact) mass is 456 g/mol. The topological polar surface area (TPSA) is 76.8 Å². The van der Waals surface area contributed by atoms with Crippen molar-refractivity contribution < 1.29 is 9.53 Å². The van der Waals surface area contributed by atoms with Gasteiger partial charge < -0.3 is 4.74 Å². The Bertz CT molecular complexity index is 1190. The van der Waals surface area contributed by atoms with E-state index in [0.717, 1.165) is 27.3 Å². The van der Waals surface area contributed by atoms with Crippen molar-refractivity contribution in [2.45, 2.75) is 19.0 Å². The van der Waals surface area contributed by atoms with Gasteiger partial charge in [0.15, 0.2) is 0 Å². The maximum Gasteiger partial charge on any atom is 0.287 e. The van der Waals surface area contributed by atoms with Crippen LogP contribution in [0.2, 0.25) is 10.0 Å². The normalized spacial score (nSPS) is 15.6. The Kier molecular flexibility index (Phi) is 6.06. The Morgan fingerprint density at radius 1 is 1.13 bits per heavy atom. The van der Waals surface area contributed by atoms with Gasteiger partial charge >= 0.3 is 0 Å². The molecule has 0 bridgehead atoms. The third-order valence-electron chi connectivity index (χ3n) is 5.00. The van der Waals surface area contributed by atoms with Gasteiger partial charge in [0.1, 0.15) is 17.3 Å². The first-order chi connectivity index (χ1) is 15.0. The summed E-state index contributed by atoms with van der Waals surface area (Å²) in [5.41, 5.74) is 1.98. The second kappa shape index (κ2) is 8.91. The predicted molar refractivity (Wildman–Crippen MR) is 119 cm³/mol. The molecule has 1 atom stereocenters. The highest BCUT2D eigenvalue weighted by Crippen LogP contribution is 2.33. The lowest BCUT2D eigenvalue weighted by atomic mass is 9.98. The van der Waals surface area contributed by atoms with Gasteiger partial charge in [-0.05, 0) is 23.3 Å². The molecule has 1 amide bonds. The van der Waals surface area contributed by atoms with Crippen LogP contribution in [0.4, 0.5) is 0 Å². The zero-order chi connectivity index (χ0) is 22.0. The van der Waals surface area contributed by atoms with Gasteiger partial charge in [0, 0.05) is 6.42 Å². The fourth-order valence-electron chi connectivity index (χ4n) is 3.39. The molecule has 4 rings (SSSR count). The molecule has 3 aromatic rings. The molecular formula is C22H18Cl2N4O3. The lowest BCUT2D eigenvalue weighted by Gasteiger charge is -2.22. The number of halogens is 2. The molecule has 2 heterocycles. The molecule has 0 fully saturated rings. The summed E-state index contributed by atoms with van der Waals surface area (Å²) in [6.45, 7) is -0.312. The fraction of sp³-hybridized carbons (Fsp3) is 0.182. The molecule has 2 aromatic carbocycles. The summed E-state index contributed by atoms with van der Waals surface area (Å²) in [5.74, 6) is 0.329. The van der Waals surface area contributed by atoms with Crippen LogP contribution in [0.1, 0.15) is 23.6 Å². The first-order valence-corrected chi connectivity index (χ1v) is 10.2. The van der Waals surface area contributed by atoms with E-state index in [2.05, 4.69) is 10.2 Å². The maximum atomic E-state index is 13.2. The van der Waals surface area contributed by atoms with Gasteiger partial charge in [0.2, 0.25) is 0 Å². The van der Waals surface area contributed by atoms with Crippen LogP contribution in [0.3, 0.4) is 0 Å². The molecule has 0 spiro atoms. The van der Waals surface area contributed by atoms with E-state index in [1.54, 1.807) is 7.11 Å². The quantitative estimate of drug-likeness (QED) is 0.582. The molecule has 0 aliphatic carbocycles. The number of hydrogen-bond donors (Lipinski definition) is 0. The Morgan fingerprint density at radius 2 is 1.84 bits per heavy atom. The fourth-order valence-corrected chi connectivity index (χ4v) is 3.66. The molecule has 0 N–H and O–H groups in total. The number of carbonyl (C=O) groups excluding carboxylic acids is 1. The number of hydrazone groups is 1. The highest BCUT2D eigenvalue weighted by molar-refractivity contribution is 6.41. The standard InChI is InChI=1S/C22H18Cl2N4O3/c1-31-16-9-7-15(8-10-16)19-11-18(14-5-3-2-4-6-14)26-28(19)20(29)13-27-22(30)21(24)17(23)12-25-27/h2-10,12,19H,11,13H2,1H3/t19-/m0/s1. The van der Waals surface area contributed by atoms with Crippen molar-refractivity contribution in [3.63, 3.8) is 0 Å². The van der Waals surface area contributed by atoms with Crippen LogP contribution < -0.4 is 10.3 Å². The van der Waals surface area contributed by atoms with Crippen molar-refractivity contribution in [1.82, 2.24) is 14.8 Å². The molecule has 1 aliphatic heterocycles. The van der Waals surface area contributed by atoms with Crippen molar-refractivity contribution in [1.29, 1.82) is 0 Å². The average molecular weight is 457 g/mol. The summed E-state index contributed by atoms with van der Waals surface area (Å²) in [7, 11) is 1.60. The minimum atomic E-state index is -0.630. The molecule has 0 saturated carbocycles. The Hall–Kier alpha value is -3.16. The largest absolute Gasteiger partial charge is 0.497 e. The second-order valence-electron chi connectivity index (χ2n) is 6.91. The molecule has 31 heavy (non-hydrogen) atoms. The number of hydrogen-bond acceptors (Lipinski definition) is 5. The van der Waals surface area contributed by atoms with E-state index in [1.807, 2.05) is 54.6 Å². The number of benzene rings is 2. The Labute approximate surface area is 188 Å². The number of rotatable bonds is 5. The van der Waals surface area contributed by atoms with E-state index in [1.165, 1.54) is 11.2 Å². The van der Waals surface area contributed by atoms with Crippen LogP contribution in [-0.2, 0) is 11.3 Å².